The summed E-state index contributed by atoms with van der Waals surface area (Å²) in [4.78, 5) is 27.0. The number of nitrogens with zero attached hydrogens (tertiary/aromatic N) is 1. The van der Waals surface area contributed by atoms with Crippen molar-refractivity contribution in [1.29, 1.82) is 0 Å². The Hall–Kier alpha value is -4.26. The zero-order valence-electron chi connectivity index (χ0n) is 25.7. The minimum Gasteiger partial charge on any atom is -0.497 e. The summed E-state index contributed by atoms with van der Waals surface area (Å²) in [7, 11) is 3.22. The van der Waals surface area contributed by atoms with Crippen LogP contribution in [0.25, 0.3) is 0 Å². The third-order valence-electron chi connectivity index (χ3n) is 8.52. The van der Waals surface area contributed by atoms with Gasteiger partial charge in [-0.1, -0.05) is 54.6 Å². The molecule has 2 aliphatic rings. The van der Waals surface area contributed by atoms with Crippen LogP contribution in [0.1, 0.15) is 42.2 Å². The summed E-state index contributed by atoms with van der Waals surface area (Å²) in [5.74, 6) is 1.38. The maximum atomic E-state index is 12.9. The van der Waals surface area contributed by atoms with Crippen molar-refractivity contribution >= 4 is 0 Å². The SMILES string of the molecule is COc1ccc(C(OC[C@@H]2O[C@H](n3ccc(=O)[nH]c3=O)[C@H](O[C@@H]3CCCCO3)[C@@H]2O)(c2ccccc2)c2ccc(OC)cc2)cc1. The maximum Gasteiger partial charge on any atom is 0.330 e. The lowest BCUT2D eigenvalue weighted by atomic mass is 9.80. The summed E-state index contributed by atoms with van der Waals surface area (Å²) in [5, 5.41) is 11.7. The number of H-pyrrole nitrogens is 1. The second kappa shape index (κ2) is 14.0. The molecule has 2 saturated heterocycles. The van der Waals surface area contributed by atoms with Crippen LogP contribution in [0.5, 0.6) is 11.5 Å². The Labute approximate surface area is 266 Å². The zero-order chi connectivity index (χ0) is 32.1. The van der Waals surface area contributed by atoms with E-state index >= 15 is 0 Å². The summed E-state index contributed by atoms with van der Waals surface area (Å²) >= 11 is 0. The molecule has 0 bridgehead atoms. The van der Waals surface area contributed by atoms with Gasteiger partial charge >= 0.3 is 5.69 Å². The molecule has 5 atom stereocenters. The Morgan fingerprint density at radius 2 is 1.50 bits per heavy atom. The number of aromatic nitrogens is 2. The van der Waals surface area contributed by atoms with Gasteiger partial charge in [0.25, 0.3) is 5.56 Å². The van der Waals surface area contributed by atoms with Crippen molar-refractivity contribution < 1.29 is 33.5 Å². The molecule has 46 heavy (non-hydrogen) atoms. The number of aliphatic hydroxyl groups excluding tert-OH is 1. The smallest absolute Gasteiger partial charge is 0.330 e. The number of ether oxygens (including phenoxy) is 6. The molecule has 2 N–H and O–H groups in total. The quantitative estimate of drug-likeness (QED) is 0.238. The highest BCUT2D eigenvalue weighted by molar-refractivity contribution is 5.49. The largest absolute Gasteiger partial charge is 0.497 e. The Balaban J connectivity index is 1.39. The van der Waals surface area contributed by atoms with E-state index in [1.165, 1.54) is 16.8 Å². The molecule has 2 fully saturated rings. The maximum absolute atomic E-state index is 12.9. The van der Waals surface area contributed by atoms with Crippen LogP contribution in [0.15, 0.2) is 101 Å². The topological polar surface area (TPSA) is 130 Å². The number of hydrogen-bond acceptors (Lipinski definition) is 9. The van der Waals surface area contributed by atoms with Crippen LogP contribution < -0.4 is 20.7 Å². The first kappa shape index (κ1) is 31.7. The Morgan fingerprint density at radius 1 is 0.870 bits per heavy atom. The predicted molar refractivity (Wildman–Crippen MR) is 168 cm³/mol. The third kappa shape index (κ3) is 6.37. The molecule has 11 heteroatoms. The lowest BCUT2D eigenvalue weighted by molar-refractivity contribution is -0.215. The average molecular weight is 631 g/mol. The summed E-state index contributed by atoms with van der Waals surface area (Å²) in [6.45, 7) is 0.446. The molecule has 242 valence electrons. The van der Waals surface area contributed by atoms with Gasteiger partial charge in [-0.3, -0.25) is 14.3 Å². The fourth-order valence-electron chi connectivity index (χ4n) is 6.13. The van der Waals surface area contributed by atoms with E-state index in [1.807, 2.05) is 78.9 Å². The van der Waals surface area contributed by atoms with Gasteiger partial charge in [0.05, 0.1) is 20.8 Å². The lowest BCUT2D eigenvalue weighted by Gasteiger charge is -2.37. The highest BCUT2D eigenvalue weighted by Crippen LogP contribution is 2.43. The van der Waals surface area contributed by atoms with E-state index < -0.39 is 47.7 Å². The molecule has 0 amide bonds. The van der Waals surface area contributed by atoms with Gasteiger partial charge in [0.2, 0.25) is 0 Å². The van der Waals surface area contributed by atoms with E-state index in [0.717, 1.165) is 29.5 Å². The van der Waals surface area contributed by atoms with E-state index in [2.05, 4.69) is 4.98 Å². The van der Waals surface area contributed by atoms with Gasteiger partial charge in [-0.15, -0.1) is 0 Å². The highest BCUT2D eigenvalue weighted by atomic mass is 16.7. The molecule has 6 rings (SSSR count). The van der Waals surface area contributed by atoms with Crippen LogP contribution in [0.4, 0.5) is 0 Å². The summed E-state index contributed by atoms with van der Waals surface area (Å²) in [6.07, 6.45) is -0.910. The van der Waals surface area contributed by atoms with E-state index in [0.29, 0.717) is 24.5 Å². The number of nitrogens with one attached hydrogen (secondary N) is 1. The molecule has 4 aromatic rings. The number of methoxy groups -OCH3 is 2. The number of aliphatic hydroxyl groups is 1. The number of aromatic amines is 1. The highest BCUT2D eigenvalue weighted by Gasteiger charge is 2.49. The van der Waals surface area contributed by atoms with Crippen molar-refractivity contribution in [2.45, 2.75) is 55.7 Å². The molecule has 3 aromatic carbocycles. The van der Waals surface area contributed by atoms with Gasteiger partial charge in [-0.05, 0) is 60.2 Å². The van der Waals surface area contributed by atoms with Crippen molar-refractivity contribution in [3.05, 3.63) is 129 Å². The van der Waals surface area contributed by atoms with E-state index in [9.17, 15) is 14.7 Å². The van der Waals surface area contributed by atoms with Crippen LogP contribution in [0.2, 0.25) is 0 Å². The van der Waals surface area contributed by atoms with Crippen LogP contribution in [-0.2, 0) is 24.5 Å². The number of benzene rings is 3. The van der Waals surface area contributed by atoms with Crippen molar-refractivity contribution in [2.24, 2.45) is 0 Å². The molecule has 0 radical (unpaired) electrons. The first-order valence-electron chi connectivity index (χ1n) is 15.3. The molecular formula is C35H38N2O9. The zero-order valence-corrected chi connectivity index (χ0v) is 25.7. The molecule has 2 aliphatic heterocycles. The van der Waals surface area contributed by atoms with E-state index in [1.54, 1.807) is 14.2 Å². The monoisotopic (exact) mass is 630 g/mol. The van der Waals surface area contributed by atoms with Crippen LogP contribution in [0.3, 0.4) is 0 Å². The predicted octanol–water partition coefficient (Wildman–Crippen LogP) is 3.73. The Kier molecular flexibility index (Phi) is 9.67. The van der Waals surface area contributed by atoms with Crippen LogP contribution in [0, 0.1) is 0 Å². The third-order valence-corrected chi connectivity index (χ3v) is 8.52. The normalized spacial score (nSPS) is 23.2. The fraction of sp³-hybridized carbons (Fsp3) is 0.371. The van der Waals surface area contributed by atoms with Crippen LogP contribution >= 0.6 is 0 Å². The van der Waals surface area contributed by atoms with Crippen molar-refractivity contribution in [3.63, 3.8) is 0 Å². The minimum atomic E-state index is -1.20. The first-order valence-corrected chi connectivity index (χ1v) is 15.3. The molecule has 3 heterocycles. The first-order chi connectivity index (χ1) is 22.4. The fourth-order valence-corrected chi connectivity index (χ4v) is 6.13. The number of rotatable bonds is 11. The second-order valence-corrected chi connectivity index (χ2v) is 11.3. The Morgan fingerprint density at radius 3 is 2.07 bits per heavy atom. The van der Waals surface area contributed by atoms with Gasteiger partial charge in [0.1, 0.15) is 35.4 Å². The standard InChI is InChI=1S/C35H38N2O9/c1-41-26-15-11-24(12-16-26)35(23-8-4-3-5-9-23,25-13-17-27(42-2)18-14-25)44-22-28-31(39)32(46-30-10-6-7-21-43-30)33(45-28)37-20-19-29(38)36-34(37)40/h3-5,8-9,11-20,28,30-33,39H,6-7,10,21-22H2,1-2H3,(H,36,38,40)/t28-,30+,31+,32+,33-/m0/s1. The molecule has 1 aromatic heterocycles. The van der Waals surface area contributed by atoms with E-state index in [-0.39, 0.29) is 6.61 Å². The van der Waals surface area contributed by atoms with Gasteiger partial charge in [-0.25, -0.2) is 4.79 Å². The lowest BCUT2D eigenvalue weighted by Crippen LogP contribution is -2.43. The van der Waals surface area contributed by atoms with Crippen molar-refractivity contribution in [2.75, 3.05) is 27.4 Å². The molecule has 0 aliphatic carbocycles. The van der Waals surface area contributed by atoms with Gasteiger partial charge in [-0.2, -0.15) is 0 Å². The molecule has 0 unspecified atom stereocenters. The second-order valence-electron chi connectivity index (χ2n) is 11.3. The molecular weight excluding hydrogens is 592 g/mol. The van der Waals surface area contributed by atoms with E-state index in [4.69, 9.17) is 28.4 Å². The summed E-state index contributed by atoms with van der Waals surface area (Å²) in [5.41, 5.74) is 0.0926. The average Bonchev–Trinajstić information content (AvgIpc) is 3.40. The van der Waals surface area contributed by atoms with Gasteiger partial charge in [0, 0.05) is 18.9 Å². The van der Waals surface area contributed by atoms with Crippen LogP contribution in [-0.4, -0.2) is 66.7 Å². The molecule has 0 spiro atoms. The number of hydrogen-bond donors (Lipinski definition) is 2. The molecule has 0 saturated carbocycles. The Bertz CT molecular complexity index is 1630. The summed E-state index contributed by atoms with van der Waals surface area (Å²) in [6, 6.07) is 26.2. The summed E-state index contributed by atoms with van der Waals surface area (Å²) < 4.78 is 37.5. The minimum absolute atomic E-state index is 0.0892. The van der Waals surface area contributed by atoms with Gasteiger partial charge in [0.15, 0.2) is 12.5 Å². The molecule has 11 nitrogen and oxygen atoms in total. The van der Waals surface area contributed by atoms with Crippen molar-refractivity contribution in [1.82, 2.24) is 9.55 Å². The van der Waals surface area contributed by atoms with Crippen molar-refractivity contribution in [3.8, 4) is 11.5 Å². The van der Waals surface area contributed by atoms with Gasteiger partial charge < -0.3 is 33.5 Å².